The zero-order valence-corrected chi connectivity index (χ0v) is 15.9. The molecule has 0 saturated heterocycles. The van der Waals surface area contributed by atoms with E-state index in [-0.39, 0.29) is 5.91 Å². The van der Waals surface area contributed by atoms with E-state index in [1.54, 1.807) is 11.8 Å². The summed E-state index contributed by atoms with van der Waals surface area (Å²) in [6.45, 7) is 0. The Balaban J connectivity index is 1.50. The molecule has 0 spiro atoms. The van der Waals surface area contributed by atoms with Crippen LogP contribution in [0.5, 0.6) is 0 Å². The van der Waals surface area contributed by atoms with Gasteiger partial charge in [-0.05, 0) is 37.1 Å². The smallest absolute Gasteiger partial charge is 0.221 e. The number of carbonyl (C=O) groups is 1. The van der Waals surface area contributed by atoms with Crippen LogP contribution in [-0.2, 0) is 11.8 Å². The molecule has 0 unspecified atom stereocenters. The van der Waals surface area contributed by atoms with Gasteiger partial charge in [0.05, 0.1) is 0 Å². The summed E-state index contributed by atoms with van der Waals surface area (Å²) in [6, 6.07) is 7.91. The van der Waals surface area contributed by atoms with Crippen molar-refractivity contribution in [3.05, 3.63) is 29.3 Å². The van der Waals surface area contributed by atoms with Gasteiger partial charge in [-0.3, -0.25) is 4.79 Å². The summed E-state index contributed by atoms with van der Waals surface area (Å²) < 4.78 is 1.95. The Morgan fingerprint density at radius 3 is 2.68 bits per heavy atom. The number of hydrogen-bond acceptors (Lipinski definition) is 4. The highest BCUT2D eigenvalue weighted by Crippen LogP contribution is 2.24. The van der Waals surface area contributed by atoms with Crippen LogP contribution in [0.25, 0.3) is 11.4 Å². The van der Waals surface area contributed by atoms with E-state index in [1.807, 2.05) is 35.9 Å². The minimum atomic E-state index is 0.138. The van der Waals surface area contributed by atoms with Gasteiger partial charge in [-0.25, -0.2) is 0 Å². The van der Waals surface area contributed by atoms with Gasteiger partial charge in [0, 0.05) is 35.8 Å². The van der Waals surface area contributed by atoms with Crippen LogP contribution in [0.1, 0.15) is 38.5 Å². The van der Waals surface area contributed by atoms with Crippen LogP contribution in [-0.4, -0.2) is 32.5 Å². The average Bonchev–Trinajstić information content (AvgIpc) is 2.97. The summed E-state index contributed by atoms with van der Waals surface area (Å²) in [6.07, 6.45) is 6.49. The van der Waals surface area contributed by atoms with Crippen molar-refractivity contribution in [1.82, 2.24) is 20.1 Å². The Kier molecular flexibility index (Phi) is 6.37. The molecule has 1 heterocycles. The molecule has 25 heavy (non-hydrogen) atoms. The highest BCUT2D eigenvalue weighted by Gasteiger charge is 2.16. The predicted octanol–water partition coefficient (Wildman–Crippen LogP) is 4.07. The molecule has 1 amide bonds. The highest BCUT2D eigenvalue weighted by atomic mass is 35.5. The SMILES string of the molecule is Cn1c(SCCC(=O)NC2CCCCC2)nnc1-c1ccc(Cl)cc1. The Hall–Kier alpha value is -1.53. The van der Waals surface area contributed by atoms with Gasteiger partial charge in [-0.2, -0.15) is 0 Å². The molecule has 1 saturated carbocycles. The lowest BCUT2D eigenvalue weighted by atomic mass is 9.95. The molecular weight excluding hydrogens is 356 g/mol. The molecule has 0 radical (unpaired) electrons. The number of rotatable bonds is 6. The van der Waals surface area contributed by atoms with E-state index in [4.69, 9.17) is 11.6 Å². The molecule has 0 aliphatic heterocycles. The number of halogens is 1. The van der Waals surface area contributed by atoms with Gasteiger partial charge in [0.15, 0.2) is 11.0 Å². The zero-order chi connectivity index (χ0) is 17.6. The summed E-state index contributed by atoms with van der Waals surface area (Å²) in [5.74, 6) is 1.64. The van der Waals surface area contributed by atoms with Crippen molar-refractivity contribution in [1.29, 1.82) is 0 Å². The molecule has 3 rings (SSSR count). The van der Waals surface area contributed by atoms with Crippen molar-refractivity contribution in [2.75, 3.05) is 5.75 Å². The minimum absolute atomic E-state index is 0.138. The molecule has 2 aromatic rings. The van der Waals surface area contributed by atoms with Gasteiger partial charge in [-0.15, -0.1) is 10.2 Å². The van der Waals surface area contributed by atoms with Crippen molar-refractivity contribution in [3.8, 4) is 11.4 Å². The number of hydrogen-bond donors (Lipinski definition) is 1. The van der Waals surface area contributed by atoms with Gasteiger partial charge < -0.3 is 9.88 Å². The third-order valence-electron chi connectivity index (χ3n) is 4.47. The molecule has 1 aliphatic rings. The predicted molar refractivity (Wildman–Crippen MR) is 102 cm³/mol. The van der Waals surface area contributed by atoms with Crippen LogP contribution >= 0.6 is 23.4 Å². The second-order valence-electron chi connectivity index (χ2n) is 6.37. The number of aromatic nitrogens is 3. The van der Waals surface area contributed by atoms with Gasteiger partial charge in [0.25, 0.3) is 0 Å². The van der Waals surface area contributed by atoms with Gasteiger partial charge in [-0.1, -0.05) is 42.6 Å². The number of amides is 1. The molecule has 1 fully saturated rings. The Morgan fingerprint density at radius 1 is 1.24 bits per heavy atom. The van der Waals surface area contributed by atoms with Gasteiger partial charge in [0.2, 0.25) is 5.91 Å². The molecule has 0 atom stereocenters. The maximum Gasteiger partial charge on any atom is 0.221 e. The maximum absolute atomic E-state index is 12.1. The number of benzene rings is 1. The lowest BCUT2D eigenvalue weighted by molar-refractivity contribution is -0.121. The summed E-state index contributed by atoms with van der Waals surface area (Å²) in [7, 11) is 1.94. The fraction of sp³-hybridized carbons (Fsp3) is 0.500. The third-order valence-corrected chi connectivity index (χ3v) is 5.74. The van der Waals surface area contributed by atoms with E-state index in [1.165, 1.54) is 19.3 Å². The Morgan fingerprint density at radius 2 is 1.96 bits per heavy atom. The Bertz CT molecular complexity index is 710. The molecule has 1 aliphatic carbocycles. The third kappa shape index (κ3) is 4.98. The van der Waals surface area contributed by atoms with Crippen molar-refractivity contribution in [2.24, 2.45) is 7.05 Å². The Labute approximate surface area is 157 Å². The largest absolute Gasteiger partial charge is 0.353 e. The first-order valence-corrected chi connectivity index (χ1v) is 10.1. The molecule has 7 heteroatoms. The van der Waals surface area contributed by atoms with E-state index >= 15 is 0 Å². The standard InChI is InChI=1S/C18H23ClN4OS/c1-23-17(13-7-9-14(19)10-8-13)21-22-18(23)25-12-11-16(24)20-15-5-3-2-4-6-15/h7-10,15H,2-6,11-12H2,1H3,(H,20,24). The first-order chi connectivity index (χ1) is 12.1. The first kappa shape index (κ1) is 18.3. The zero-order valence-electron chi connectivity index (χ0n) is 14.4. The molecular formula is C18H23ClN4OS. The summed E-state index contributed by atoms with van der Waals surface area (Å²) in [5.41, 5.74) is 0.973. The maximum atomic E-state index is 12.1. The fourth-order valence-electron chi connectivity index (χ4n) is 3.07. The van der Waals surface area contributed by atoms with Crippen LogP contribution < -0.4 is 5.32 Å². The molecule has 5 nitrogen and oxygen atoms in total. The number of nitrogens with zero attached hydrogens (tertiary/aromatic N) is 3. The molecule has 134 valence electrons. The molecule has 0 bridgehead atoms. The summed E-state index contributed by atoms with van der Waals surface area (Å²) >= 11 is 7.49. The van der Waals surface area contributed by atoms with Crippen LogP contribution in [0.3, 0.4) is 0 Å². The summed E-state index contributed by atoms with van der Waals surface area (Å²) in [5, 5.41) is 13.2. The highest BCUT2D eigenvalue weighted by molar-refractivity contribution is 7.99. The van der Waals surface area contributed by atoms with Gasteiger partial charge >= 0.3 is 0 Å². The molecule has 1 aromatic heterocycles. The first-order valence-electron chi connectivity index (χ1n) is 8.71. The normalized spacial score (nSPS) is 15.3. The van der Waals surface area contributed by atoms with E-state index in [9.17, 15) is 4.79 Å². The van der Waals surface area contributed by atoms with Crippen LogP contribution in [0.15, 0.2) is 29.4 Å². The van der Waals surface area contributed by atoms with E-state index in [0.29, 0.717) is 23.2 Å². The van der Waals surface area contributed by atoms with E-state index in [2.05, 4.69) is 15.5 Å². The van der Waals surface area contributed by atoms with Crippen molar-refractivity contribution >= 4 is 29.3 Å². The second kappa shape index (κ2) is 8.72. The van der Waals surface area contributed by atoms with Crippen molar-refractivity contribution < 1.29 is 4.79 Å². The van der Waals surface area contributed by atoms with Gasteiger partial charge in [0.1, 0.15) is 0 Å². The lowest BCUT2D eigenvalue weighted by Gasteiger charge is -2.22. The van der Waals surface area contributed by atoms with Crippen molar-refractivity contribution in [2.45, 2.75) is 49.7 Å². The molecule has 1 N–H and O–H groups in total. The number of thioether (sulfide) groups is 1. The monoisotopic (exact) mass is 378 g/mol. The quantitative estimate of drug-likeness (QED) is 0.770. The van der Waals surface area contributed by atoms with Crippen LogP contribution in [0.4, 0.5) is 0 Å². The topological polar surface area (TPSA) is 59.8 Å². The minimum Gasteiger partial charge on any atom is -0.353 e. The van der Waals surface area contributed by atoms with E-state index in [0.717, 1.165) is 29.4 Å². The number of nitrogens with one attached hydrogen (secondary N) is 1. The second-order valence-corrected chi connectivity index (χ2v) is 7.87. The average molecular weight is 379 g/mol. The number of carbonyl (C=O) groups excluding carboxylic acids is 1. The fourth-order valence-corrected chi connectivity index (χ4v) is 4.05. The molecule has 1 aromatic carbocycles. The van der Waals surface area contributed by atoms with Crippen LogP contribution in [0.2, 0.25) is 5.02 Å². The summed E-state index contributed by atoms with van der Waals surface area (Å²) in [4.78, 5) is 12.1. The van der Waals surface area contributed by atoms with Crippen LogP contribution in [0, 0.1) is 0 Å². The lowest BCUT2D eigenvalue weighted by Crippen LogP contribution is -2.36. The van der Waals surface area contributed by atoms with Crippen molar-refractivity contribution in [3.63, 3.8) is 0 Å². The van der Waals surface area contributed by atoms with E-state index < -0.39 is 0 Å².